The Labute approximate surface area is 73.2 Å². The van der Waals surface area contributed by atoms with E-state index in [-0.39, 0.29) is 0 Å². The van der Waals surface area contributed by atoms with Crippen molar-refractivity contribution < 1.29 is 9.90 Å². The second-order valence-electron chi connectivity index (χ2n) is 2.77. The van der Waals surface area contributed by atoms with Crippen molar-refractivity contribution in [3.05, 3.63) is 0 Å². The molecule has 0 aliphatic carbocycles. The van der Waals surface area contributed by atoms with Crippen LogP contribution >= 0.6 is 0 Å². The van der Waals surface area contributed by atoms with Crippen molar-refractivity contribution in [2.75, 3.05) is 6.54 Å². The molecule has 0 rings (SSSR count). The van der Waals surface area contributed by atoms with Gasteiger partial charge in [0, 0.05) is 0 Å². The standard InChI is InChI=1S/C9H15NO2/c1-4-6-7-10-9(3,5-2)8(11)12/h10H,5,7H2,1-3H3,(H,11,12). The average Bonchev–Trinajstić information content (AvgIpc) is 2.04. The summed E-state index contributed by atoms with van der Waals surface area (Å²) in [7, 11) is 0. The van der Waals surface area contributed by atoms with Gasteiger partial charge in [0.1, 0.15) is 5.54 Å². The molecule has 2 N–H and O–H groups in total. The van der Waals surface area contributed by atoms with Gasteiger partial charge in [-0.3, -0.25) is 10.1 Å². The van der Waals surface area contributed by atoms with Crippen molar-refractivity contribution in [1.82, 2.24) is 5.32 Å². The highest BCUT2D eigenvalue weighted by Crippen LogP contribution is 2.07. The number of carboxylic acids is 1. The number of nitrogens with one attached hydrogen (secondary N) is 1. The van der Waals surface area contributed by atoms with Crippen molar-refractivity contribution in [3.63, 3.8) is 0 Å². The quantitative estimate of drug-likeness (QED) is 0.613. The monoisotopic (exact) mass is 169 g/mol. The second kappa shape index (κ2) is 4.78. The molecule has 0 fully saturated rings. The smallest absolute Gasteiger partial charge is 0.323 e. The number of carbonyl (C=O) groups is 1. The summed E-state index contributed by atoms with van der Waals surface area (Å²) < 4.78 is 0. The minimum Gasteiger partial charge on any atom is -0.480 e. The van der Waals surface area contributed by atoms with Crippen LogP contribution in [-0.2, 0) is 4.79 Å². The summed E-state index contributed by atoms with van der Waals surface area (Å²) in [6, 6.07) is 0. The molecule has 0 saturated carbocycles. The van der Waals surface area contributed by atoms with Gasteiger partial charge >= 0.3 is 5.97 Å². The largest absolute Gasteiger partial charge is 0.480 e. The SMILES string of the molecule is CC#CCNC(C)(CC)C(=O)O. The van der Waals surface area contributed by atoms with Gasteiger partial charge in [0.15, 0.2) is 0 Å². The van der Waals surface area contributed by atoms with Crippen molar-refractivity contribution >= 4 is 5.97 Å². The van der Waals surface area contributed by atoms with Gasteiger partial charge < -0.3 is 5.11 Å². The molecule has 0 aromatic heterocycles. The van der Waals surface area contributed by atoms with E-state index in [2.05, 4.69) is 17.2 Å². The van der Waals surface area contributed by atoms with Crippen LogP contribution in [0.1, 0.15) is 27.2 Å². The molecule has 0 aliphatic heterocycles. The van der Waals surface area contributed by atoms with E-state index in [1.54, 1.807) is 13.8 Å². The molecule has 3 nitrogen and oxygen atoms in total. The normalized spacial score (nSPS) is 14.2. The lowest BCUT2D eigenvalue weighted by Crippen LogP contribution is -2.49. The topological polar surface area (TPSA) is 49.3 Å². The van der Waals surface area contributed by atoms with Gasteiger partial charge in [-0.25, -0.2) is 0 Å². The number of rotatable bonds is 4. The van der Waals surface area contributed by atoms with Crippen molar-refractivity contribution in [2.24, 2.45) is 0 Å². The Hall–Kier alpha value is -1.01. The first-order valence-electron chi connectivity index (χ1n) is 3.95. The molecule has 68 valence electrons. The predicted molar refractivity (Wildman–Crippen MR) is 47.8 cm³/mol. The maximum absolute atomic E-state index is 10.7. The van der Waals surface area contributed by atoms with Crippen molar-refractivity contribution in [2.45, 2.75) is 32.7 Å². The van der Waals surface area contributed by atoms with Gasteiger partial charge in [-0.05, 0) is 20.3 Å². The van der Waals surface area contributed by atoms with E-state index < -0.39 is 11.5 Å². The van der Waals surface area contributed by atoms with Crippen LogP contribution in [0.5, 0.6) is 0 Å². The Morgan fingerprint density at radius 3 is 2.58 bits per heavy atom. The molecule has 0 bridgehead atoms. The van der Waals surface area contributed by atoms with E-state index in [0.717, 1.165) is 0 Å². The zero-order chi connectivity index (χ0) is 9.61. The summed E-state index contributed by atoms with van der Waals surface area (Å²) in [5.74, 6) is 4.64. The molecule has 0 aromatic rings. The number of aliphatic carboxylic acids is 1. The van der Waals surface area contributed by atoms with Crippen LogP contribution in [0.2, 0.25) is 0 Å². The van der Waals surface area contributed by atoms with Gasteiger partial charge in [-0.2, -0.15) is 0 Å². The Morgan fingerprint density at radius 1 is 1.67 bits per heavy atom. The van der Waals surface area contributed by atoms with Crippen molar-refractivity contribution in [1.29, 1.82) is 0 Å². The molecular formula is C9H15NO2. The highest BCUT2D eigenvalue weighted by molar-refractivity contribution is 5.78. The maximum Gasteiger partial charge on any atom is 0.323 e. The van der Waals surface area contributed by atoms with Gasteiger partial charge in [-0.1, -0.05) is 12.8 Å². The van der Waals surface area contributed by atoms with E-state index in [0.29, 0.717) is 13.0 Å². The molecule has 0 radical (unpaired) electrons. The average molecular weight is 169 g/mol. The third-order valence-corrected chi connectivity index (χ3v) is 1.92. The fraction of sp³-hybridized carbons (Fsp3) is 0.667. The summed E-state index contributed by atoms with van der Waals surface area (Å²) in [5.41, 5.74) is -0.843. The minimum absolute atomic E-state index is 0.424. The summed E-state index contributed by atoms with van der Waals surface area (Å²) in [5, 5.41) is 11.7. The molecule has 1 atom stereocenters. The molecule has 0 aliphatic rings. The van der Waals surface area contributed by atoms with Crippen LogP contribution < -0.4 is 5.32 Å². The Balaban J connectivity index is 4.12. The molecule has 3 heteroatoms. The molecular weight excluding hydrogens is 154 g/mol. The van der Waals surface area contributed by atoms with Crippen LogP contribution in [0.3, 0.4) is 0 Å². The highest BCUT2D eigenvalue weighted by atomic mass is 16.4. The maximum atomic E-state index is 10.7. The van der Waals surface area contributed by atoms with Crippen molar-refractivity contribution in [3.8, 4) is 11.8 Å². The van der Waals surface area contributed by atoms with E-state index in [4.69, 9.17) is 5.11 Å². The van der Waals surface area contributed by atoms with E-state index in [9.17, 15) is 4.79 Å². The van der Waals surface area contributed by atoms with Gasteiger partial charge in [0.2, 0.25) is 0 Å². The lowest BCUT2D eigenvalue weighted by molar-refractivity contribution is -0.144. The van der Waals surface area contributed by atoms with Crippen LogP contribution in [0.15, 0.2) is 0 Å². The summed E-state index contributed by atoms with van der Waals surface area (Å²) in [6.45, 7) is 5.64. The molecule has 1 unspecified atom stereocenters. The van der Waals surface area contributed by atoms with Gasteiger partial charge in [-0.15, -0.1) is 5.92 Å². The number of hydrogen-bond acceptors (Lipinski definition) is 2. The molecule has 0 saturated heterocycles. The number of carboxylic acid groups (broad SMARTS) is 1. The molecule has 0 spiro atoms. The van der Waals surface area contributed by atoms with Crippen LogP contribution in [-0.4, -0.2) is 23.2 Å². The fourth-order valence-electron chi connectivity index (χ4n) is 0.680. The zero-order valence-electron chi connectivity index (χ0n) is 7.77. The summed E-state index contributed by atoms with van der Waals surface area (Å²) >= 11 is 0. The zero-order valence-corrected chi connectivity index (χ0v) is 7.77. The third kappa shape index (κ3) is 2.93. The lowest BCUT2D eigenvalue weighted by atomic mass is 9.99. The molecule has 0 amide bonds. The first-order chi connectivity index (χ1) is 5.56. The Kier molecular flexibility index (Phi) is 4.38. The highest BCUT2D eigenvalue weighted by Gasteiger charge is 2.29. The Bertz CT molecular complexity index is 214. The Morgan fingerprint density at radius 2 is 2.25 bits per heavy atom. The first kappa shape index (κ1) is 11.0. The summed E-state index contributed by atoms with van der Waals surface area (Å²) in [4.78, 5) is 10.7. The molecule has 0 aromatic carbocycles. The minimum atomic E-state index is -0.843. The molecule has 12 heavy (non-hydrogen) atoms. The van der Waals surface area contributed by atoms with Crippen LogP contribution in [0.25, 0.3) is 0 Å². The molecule has 0 heterocycles. The lowest BCUT2D eigenvalue weighted by Gasteiger charge is -2.23. The predicted octanol–water partition coefficient (Wildman–Crippen LogP) is 0.853. The van der Waals surface area contributed by atoms with Gasteiger partial charge in [0.25, 0.3) is 0 Å². The number of hydrogen-bond donors (Lipinski definition) is 2. The second-order valence-corrected chi connectivity index (χ2v) is 2.77. The third-order valence-electron chi connectivity index (χ3n) is 1.92. The van der Waals surface area contributed by atoms with Crippen LogP contribution in [0.4, 0.5) is 0 Å². The fourth-order valence-corrected chi connectivity index (χ4v) is 0.680. The van der Waals surface area contributed by atoms with Crippen LogP contribution in [0, 0.1) is 11.8 Å². The van der Waals surface area contributed by atoms with E-state index >= 15 is 0 Å². The summed E-state index contributed by atoms with van der Waals surface area (Å²) in [6.07, 6.45) is 0.549. The van der Waals surface area contributed by atoms with Gasteiger partial charge in [0.05, 0.1) is 6.54 Å². The first-order valence-corrected chi connectivity index (χ1v) is 3.95. The van der Waals surface area contributed by atoms with E-state index in [1.807, 2.05) is 6.92 Å². The van der Waals surface area contributed by atoms with E-state index in [1.165, 1.54) is 0 Å².